The predicted molar refractivity (Wildman–Crippen MR) is 39.9 cm³/mol. The average Bonchev–Trinajstić information content (AvgIpc) is 1.88. The molecule has 0 aromatic rings. The van der Waals surface area contributed by atoms with E-state index in [1.54, 1.807) is 6.92 Å². The Bertz CT molecular complexity index is 145. The van der Waals surface area contributed by atoms with E-state index < -0.39 is 11.5 Å². The Morgan fingerprint density at radius 1 is 1.90 bits per heavy atom. The lowest BCUT2D eigenvalue weighted by Crippen LogP contribution is -2.47. The molecule has 0 amide bonds. The normalized spacial score (nSPS) is 15.8. The van der Waals surface area contributed by atoms with Gasteiger partial charge in [0.1, 0.15) is 5.54 Å². The van der Waals surface area contributed by atoms with Crippen molar-refractivity contribution in [2.24, 2.45) is 0 Å². The van der Waals surface area contributed by atoms with Gasteiger partial charge in [-0.2, -0.15) is 0 Å². The molecule has 0 spiro atoms. The van der Waals surface area contributed by atoms with Crippen LogP contribution in [0.3, 0.4) is 0 Å². The fraction of sp³-hybridized carbons (Fsp3) is 0.571. The minimum Gasteiger partial charge on any atom is -0.480 e. The zero-order valence-corrected chi connectivity index (χ0v) is 6.35. The summed E-state index contributed by atoms with van der Waals surface area (Å²) >= 11 is 0. The van der Waals surface area contributed by atoms with Gasteiger partial charge in [0, 0.05) is 0 Å². The highest BCUT2D eigenvalue weighted by molar-refractivity contribution is 5.80. The standard InChI is InChI=1S/C7H13NO2/c1-4-7(3,6(9)10)8-5-2/h4,8H,1,5H2,2-3H3,(H,9,10). The third-order valence-corrected chi connectivity index (χ3v) is 1.40. The number of carboxylic acids is 1. The largest absolute Gasteiger partial charge is 0.480 e. The molecule has 0 radical (unpaired) electrons. The third kappa shape index (κ3) is 1.84. The summed E-state index contributed by atoms with van der Waals surface area (Å²) in [6, 6.07) is 0. The third-order valence-electron chi connectivity index (χ3n) is 1.40. The summed E-state index contributed by atoms with van der Waals surface area (Å²) in [7, 11) is 0. The van der Waals surface area contributed by atoms with Crippen molar-refractivity contribution in [3.05, 3.63) is 12.7 Å². The van der Waals surface area contributed by atoms with Gasteiger partial charge < -0.3 is 5.11 Å². The van der Waals surface area contributed by atoms with Crippen LogP contribution in [0, 0.1) is 0 Å². The molecular formula is C7H13NO2. The van der Waals surface area contributed by atoms with E-state index in [2.05, 4.69) is 11.9 Å². The number of hydrogen-bond acceptors (Lipinski definition) is 2. The molecule has 0 aromatic heterocycles. The van der Waals surface area contributed by atoms with Crippen LogP contribution in [0.5, 0.6) is 0 Å². The van der Waals surface area contributed by atoms with Gasteiger partial charge in [-0.15, -0.1) is 6.58 Å². The van der Waals surface area contributed by atoms with Crippen molar-refractivity contribution in [3.8, 4) is 0 Å². The lowest BCUT2D eigenvalue weighted by atomic mass is 10.0. The molecule has 1 atom stereocenters. The Morgan fingerprint density at radius 3 is 2.50 bits per heavy atom. The van der Waals surface area contributed by atoms with Gasteiger partial charge in [0.15, 0.2) is 0 Å². The topological polar surface area (TPSA) is 49.3 Å². The molecule has 10 heavy (non-hydrogen) atoms. The minimum absolute atomic E-state index is 0.620. The summed E-state index contributed by atoms with van der Waals surface area (Å²) in [4.78, 5) is 10.5. The zero-order chi connectivity index (χ0) is 8.20. The highest BCUT2D eigenvalue weighted by Crippen LogP contribution is 2.03. The Balaban J connectivity index is 4.22. The number of nitrogens with one attached hydrogen (secondary N) is 1. The smallest absolute Gasteiger partial charge is 0.327 e. The molecule has 0 fully saturated rings. The van der Waals surface area contributed by atoms with Gasteiger partial charge in [0.05, 0.1) is 0 Å². The first kappa shape index (κ1) is 9.17. The van der Waals surface area contributed by atoms with E-state index in [-0.39, 0.29) is 0 Å². The second-order valence-corrected chi connectivity index (χ2v) is 2.24. The molecule has 0 bridgehead atoms. The van der Waals surface area contributed by atoms with Gasteiger partial charge in [-0.05, 0) is 13.5 Å². The van der Waals surface area contributed by atoms with Crippen molar-refractivity contribution in [1.29, 1.82) is 0 Å². The van der Waals surface area contributed by atoms with Crippen LogP contribution in [0.25, 0.3) is 0 Å². The molecule has 0 saturated heterocycles. The van der Waals surface area contributed by atoms with Gasteiger partial charge in [0.25, 0.3) is 0 Å². The van der Waals surface area contributed by atoms with Gasteiger partial charge in [0.2, 0.25) is 0 Å². The second kappa shape index (κ2) is 3.37. The molecule has 2 N–H and O–H groups in total. The van der Waals surface area contributed by atoms with Crippen molar-refractivity contribution >= 4 is 5.97 Å². The van der Waals surface area contributed by atoms with E-state index in [4.69, 9.17) is 5.11 Å². The Kier molecular flexibility index (Phi) is 3.09. The summed E-state index contributed by atoms with van der Waals surface area (Å²) in [5, 5.41) is 11.4. The Morgan fingerprint density at radius 2 is 2.40 bits per heavy atom. The van der Waals surface area contributed by atoms with Crippen molar-refractivity contribution in [2.75, 3.05) is 6.54 Å². The summed E-state index contributed by atoms with van der Waals surface area (Å²) < 4.78 is 0. The molecule has 0 aliphatic carbocycles. The molecule has 0 heterocycles. The van der Waals surface area contributed by atoms with E-state index >= 15 is 0 Å². The van der Waals surface area contributed by atoms with E-state index in [0.717, 1.165) is 0 Å². The first-order valence-corrected chi connectivity index (χ1v) is 3.19. The van der Waals surface area contributed by atoms with Gasteiger partial charge in [-0.3, -0.25) is 5.32 Å². The highest BCUT2D eigenvalue weighted by Gasteiger charge is 2.27. The molecule has 0 aliphatic rings. The summed E-state index contributed by atoms with van der Waals surface area (Å²) in [6.07, 6.45) is 1.39. The zero-order valence-electron chi connectivity index (χ0n) is 6.35. The van der Waals surface area contributed by atoms with Gasteiger partial charge in [-0.25, -0.2) is 4.79 Å². The SMILES string of the molecule is C=CC(C)(NCC)C(=O)O. The highest BCUT2D eigenvalue weighted by atomic mass is 16.4. The fourth-order valence-electron chi connectivity index (χ4n) is 0.602. The number of likely N-dealkylation sites (N-methyl/N-ethyl adjacent to an activating group) is 1. The van der Waals surface area contributed by atoms with E-state index in [9.17, 15) is 4.79 Å². The van der Waals surface area contributed by atoms with Crippen LogP contribution in [0.2, 0.25) is 0 Å². The molecule has 58 valence electrons. The Hall–Kier alpha value is -0.830. The molecular weight excluding hydrogens is 130 g/mol. The van der Waals surface area contributed by atoms with E-state index in [1.807, 2.05) is 6.92 Å². The molecule has 3 nitrogen and oxygen atoms in total. The van der Waals surface area contributed by atoms with Crippen LogP contribution in [-0.2, 0) is 4.79 Å². The molecule has 1 unspecified atom stereocenters. The van der Waals surface area contributed by atoms with Crippen LogP contribution in [0.15, 0.2) is 12.7 Å². The first-order valence-electron chi connectivity index (χ1n) is 3.19. The summed E-state index contributed by atoms with van der Waals surface area (Å²) in [5.41, 5.74) is -0.977. The van der Waals surface area contributed by atoms with Crippen LogP contribution in [0.1, 0.15) is 13.8 Å². The quantitative estimate of drug-likeness (QED) is 0.567. The van der Waals surface area contributed by atoms with Crippen molar-refractivity contribution < 1.29 is 9.90 Å². The van der Waals surface area contributed by atoms with Crippen LogP contribution >= 0.6 is 0 Å². The van der Waals surface area contributed by atoms with Crippen LogP contribution in [-0.4, -0.2) is 23.2 Å². The van der Waals surface area contributed by atoms with Gasteiger partial charge in [-0.1, -0.05) is 13.0 Å². The fourth-order valence-corrected chi connectivity index (χ4v) is 0.602. The van der Waals surface area contributed by atoms with Crippen molar-refractivity contribution in [1.82, 2.24) is 5.32 Å². The predicted octanol–water partition coefficient (Wildman–Crippen LogP) is 0.625. The molecule has 0 rings (SSSR count). The summed E-state index contributed by atoms with van der Waals surface area (Å²) in [6.45, 7) is 7.48. The maximum atomic E-state index is 10.5. The number of rotatable bonds is 4. The molecule has 0 saturated carbocycles. The molecule has 3 heteroatoms. The van der Waals surface area contributed by atoms with Crippen LogP contribution < -0.4 is 5.32 Å². The number of aliphatic carboxylic acids is 1. The van der Waals surface area contributed by atoms with Gasteiger partial charge >= 0.3 is 5.97 Å². The number of hydrogen-bond donors (Lipinski definition) is 2. The van der Waals surface area contributed by atoms with E-state index in [0.29, 0.717) is 6.54 Å². The maximum absolute atomic E-state index is 10.5. The number of carbonyl (C=O) groups is 1. The number of carboxylic acid groups (broad SMARTS) is 1. The average molecular weight is 143 g/mol. The maximum Gasteiger partial charge on any atom is 0.327 e. The minimum atomic E-state index is -0.977. The molecule has 0 aromatic carbocycles. The summed E-state index contributed by atoms with van der Waals surface area (Å²) in [5.74, 6) is -0.899. The van der Waals surface area contributed by atoms with Crippen molar-refractivity contribution in [2.45, 2.75) is 19.4 Å². The lowest BCUT2D eigenvalue weighted by molar-refractivity contribution is -0.142. The van der Waals surface area contributed by atoms with Crippen LogP contribution in [0.4, 0.5) is 0 Å². The molecule has 0 aliphatic heterocycles. The second-order valence-electron chi connectivity index (χ2n) is 2.24. The first-order chi connectivity index (χ1) is 4.56. The monoisotopic (exact) mass is 143 g/mol. The lowest BCUT2D eigenvalue weighted by Gasteiger charge is -2.20. The van der Waals surface area contributed by atoms with Crippen molar-refractivity contribution in [3.63, 3.8) is 0 Å². The van der Waals surface area contributed by atoms with E-state index in [1.165, 1.54) is 6.08 Å². The Labute approximate surface area is 60.7 Å².